The number of rotatable bonds is 20. The van der Waals surface area contributed by atoms with Crippen LogP contribution in [0, 0.1) is 23.5 Å². The van der Waals surface area contributed by atoms with Crippen LogP contribution in [-0.2, 0) is 25.6 Å². The molecule has 5 amide bonds. The van der Waals surface area contributed by atoms with Gasteiger partial charge in [-0.1, -0.05) is 47.5 Å². The highest BCUT2D eigenvalue weighted by atomic mass is 19.1. The van der Waals surface area contributed by atoms with E-state index in [2.05, 4.69) is 31.6 Å². The number of carbonyl (C=O) groups is 5. The van der Waals surface area contributed by atoms with Crippen molar-refractivity contribution < 1.29 is 32.8 Å². The number of hydrogen-bond acceptors (Lipinski definition) is 7. The van der Waals surface area contributed by atoms with E-state index < -0.39 is 65.5 Å². The zero-order valence-electron chi connectivity index (χ0n) is 31.0. The first-order chi connectivity index (χ1) is 24.1. The molecule has 3 unspecified atom stereocenters. The van der Waals surface area contributed by atoms with Crippen molar-refractivity contribution in [3.63, 3.8) is 0 Å². The Morgan fingerprint density at radius 3 is 2.00 bits per heavy atom. The number of likely N-dealkylation sites (N-methyl/N-ethyl adjacent to an activating group) is 2. The first kappa shape index (κ1) is 42.7. The van der Waals surface area contributed by atoms with Crippen LogP contribution in [-0.4, -0.2) is 89.8 Å². The first-order valence-electron chi connectivity index (χ1n) is 17.7. The molecule has 12 nitrogen and oxygen atoms in total. The summed E-state index contributed by atoms with van der Waals surface area (Å²) in [4.78, 5) is 71.8. The second-order valence-corrected chi connectivity index (χ2v) is 13.3. The van der Waals surface area contributed by atoms with Gasteiger partial charge >= 0.3 is 0 Å². The fourth-order valence-electron chi connectivity index (χ4n) is 5.55. The topological polar surface area (TPSA) is 162 Å². The Kier molecular flexibility index (Phi) is 17.6. The van der Waals surface area contributed by atoms with E-state index >= 15 is 0 Å². The summed E-state index contributed by atoms with van der Waals surface area (Å²) in [6, 6.07) is 1.97. The summed E-state index contributed by atoms with van der Waals surface area (Å²) in [5.74, 6) is -4.14. The fourth-order valence-corrected chi connectivity index (χ4v) is 5.55. The molecule has 0 aliphatic carbocycles. The average Bonchev–Trinajstić information content (AvgIpc) is 3.09. The summed E-state index contributed by atoms with van der Waals surface area (Å²) < 4.78 is 28.3. The maximum absolute atomic E-state index is 14.2. The third-order valence-electron chi connectivity index (χ3n) is 8.80. The monoisotopic (exact) mass is 715 g/mol. The van der Waals surface area contributed by atoms with Crippen LogP contribution in [0.2, 0.25) is 0 Å². The maximum Gasteiger partial charge on any atom is 0.252 e. The molecular formula is C37H55F2N7O5. The van der Waals surface area contributed by atoms with Crippen molar-refractivity contribution in [1.82, 2.24) is 36.5 Å². The highest BCUT2D eigenvalue weighted by molar-refractivity contribution is 5.98. The van der Waals surface area contributed by atoms with Crippen LogP contribution in [0.5, 0.6) is 0 Å². The van der Waals surface area contributed by atoms with Crippen LogP contribution in [0.15, 0.2) is 42.7 Å². The third kappa shape index (κ3) is 13.3. The zero-order chi connectivity index (χ0) is 38.2. The first-order valence-corrected chi connectivity index (χ1v) is 17.7. The van der Waals surface area contributed by atoms with Gasteiger partial charge in [-0.05, 0) is 68.4 Å². The maximum atomic E-state index is 14.2. The number of aromatic nitrogens is 1. The lowest BCUT2D eigenvalue weighted by atomic mass is 9.96. The number of halogens is 2. The third-order valence-corrected chi connectivity index (χ3v) is 8.80. The number of amides is 5. The lowest BCUT2D eigenvalue weighted by molar-refractivity contribution is -0.141. The van der Waals surface area contributed by atoms with Crippen molar-refractivity contribution in [3.8, 4) is 0 Å². The van der Waals surface area contributed by atoms with Crippen LogP contribution >= 0.6 is 0 Å². The SMILES string of the molecule is CCC[C@@H](C(=O)NC(CN[C@@H](C)C(=O)NC(C(=O)NCC)C(C)C)Cc1cc(F)cc(F)c1)N(C)C(=O)C(NC(=O)c1ccncc1)[C@@H](C)CC. The van der Waals surface area contributed by atoms with Crippen LogP contribution in [0.4, 0.5) is 8.78 Å². The highest BCUT2D eigenvalue weighted by Crippen LogP contribution is 2.17. The molecule has 2 aromatic rings. The molecule has 0 fully saturated rings. The molecule has 1 heterocycles. The number of nitrogens with one attached hydrogen (secondary N) is 5. The summed E-state index contributed by atoms with van der Waals surface area (Å²) in [5, 5.41) is 14.3. The number of benzene rings is 1. The number of nitrogens with zero attached hydrogens (tertiary/aromatic N) is 2. The summed E-state index contributed by atoms with van der Waals surface area (Å²) in [6.07, 6.45) is 4.38. The van der Waals surface area contributed by atoms with Gasteiger partial charge in [0.2, 0.25) is 23.6 Å². The van der Waals surface area contributed by atoms with E-state index in [1.165, 1.54) is 36.5 Å². The minimum absolute atomic E-state index is 0.00325. The zero-order valence-corrected chi connectivity index (χ0v) is 31.0. The van der Waals surface area contributed by atoms with Gasteiger partial charge in [0, 0.05) is 50.2 Å². The van der Waals surface area contributed by atoms with Gasteiger partial charge in [-0.15, -0.1) is 0 Å². The lowest BCUT2D eigenvalue weighted by Crippen LogP contribution is -2.58. The van der Waals surface area contributed by atoms with E-state index in [1.807, 2.05) is 34.6 Å². The second kappa shape index (κ2) is 21.0. The van der Waals surface area contributed by atoms with Crippen molar-refractivity contribution >= 4 is 29.5 Å². The molecule has 0 radical (unpaired) electrons. The standard InChI is InChI=1S/C37H55F2N7O5/c1-9-12-30(46(8)37(51)32(23(6)10-2)45-34(48)26-13-15-40-16-14-26)35(49)43-29(19-25-17-27(38)20-28(39)18-25)21-42-24(7)33(47)44-31(22(4)5)36(50)41-11-3/h13-18,20,22-24,29-32,42H,9-12,19,21H2,1-8H3,(H,41,50)(H,43,49)(H,44,47)(H,45,48)/t23-,24-,29?,30-,31?,32?/m0/s1. The summed E-state index contributed by atoms with van der Waals surface area (Å²) in [5.41, 5.74) is 0.618. The quantitative estimate of drug-likeness (QED) is 0.141. The van der Waals surface area contributed by atoms with E-state index in [9.17, 15) is 32.8 Å². The summed E-state index contributed by atoms with van der Waals surface area (Å²) >= 11 is 0. The Labute approximate surface area is 300 Å². The Hall–Kier alpha value is -4.46. The molecule has 5 N–H and O–H groups in total. The van der Waals surface area contributed by atoms with E-state index in [-0.39, 0.29) is 36.3 Å². The van der Waals surface area contributed by atoms with Crippen molar-refractivity contribution in [2.75, 3.05) is 20.1 Å². The average molecular weight is 716 g/mol. The van der Waals surface area contributed by atoms with Gasteiger partial charge in [0.15, 0.2) is 0 Å². The van der Waals surface area contributed by atoms with Gasteiger partial charge < -0.3 is 31.5 Å². The second-order valence-electron chi connectivity index (χ2n) is 13.3. The largest absolute Gasteiger partial charge is 0.355 e. The molecule has 0 aliphatic rings. The molecule has 0 aliphatic heterocycles. The minimum atomic E-state index is -0.941. The van der Waals surface area contributed by atoms with Crippen molar-refractivity contribution in [3.05, 3.63) is 65.5 Å². The molecule has 14 heteroatoms. The summed E-state index contributed by atoms with van der Waals surface area (Å²) in [7, 11) is 1.51. The number of hydrogen-bond donors (Lipinski definition) is 5. The Morgan fingerprint density at radius 1 is 0.824 bits per heavy atom. The number of pyridine rings is 1. The Morgan fingerprint density at radius 2 is 1.45 bits per heavy atom. The lowest BCUT2D eigenvalue weighted by Gasteiger charge is -2.34. The molecule has 282 valence electrons. The molecule has 0 saturated heterocycles. The fraction of sp³-hybridized carbons (Fsp3) is 0.568. The van der Waals surface area contributed by atoms with Gasteiger partial charge in [-0.25, -0.2) is 8.78 Å². The van der Waals surface area contributed by atoms with E-state index in [1.54, 1.807) is 26.0 Å². The van der Waals surface area contributed by atoms with Crippen LogP contribution < -0.4 is 26.6 Å². The molecule has 0 spiro atoms. The van der Waals surface area contributed by atoms with Gasteiger partial charge in [0.25, 0.3) is 5.91 Å². The Bertz CT molecular complexity index is 1440. The van der Waals surface area contributed by atoms with Gasteiger partial charge in [0.05, 0.1) is 6.04 Å². The molecular weight excluding hydrogens is 660 g/mol. The molecule has 2 rings (SSSR count). The van der Waals surface area contributed by atoms with Crippen LogP contribution in [0.25, 0.3) is 0 Å². The van der Waals surface area contributed by atoms with E-state index in [4.69, 9.17) is 0 Å². The van der Waals surface area contributed by atoms with Gasteiger partial charge in [0.1, 0.15) is 29.8 Å². The van der Waals surface area contributed by atoms with Crippen molar-refractivity contribution in [2.45, 2.75) is 104 Å². The van der Waals surface area contributed by atoms with Crippen LogP contribution in [0.3, 0.4) is 0 Å². The molecule has 1 aromatic carbocycles. The molecule has 51 heavy (non-hydrogen) atoms. The van der Waals surface area contributed by atoms with E-state index in [0.29, 0.717) is 31.4 Å². The van der Waals surface area contributed by atoms with Gasteiger partial charge in [-0.2, -0.15) is 0 Å². The smallest absolute Gasteiger partial charge is 0.252 e. The molecule has 6 atom stereocenters. The van der Waals surface area contributed by atoms with Crippen molar-refractivity contribution in [2.24, 2.45) is 11.8 Å². The molecule has 1 aromatic heterocycles. The number of carbonyl (C=O) groups excluding carboxylic acids is 5. The minimum Gasteiger partial charge on any atom is -0.355 e. The Balaban J connectivity index is 2.30. The van der Waals surface area contributed by atoms with Crippen molar-refractivity contribution in [1.29, 1.82) is 0 Å². The van der Waals surface area contributed by atoms with Crippen LogP contribution in [0.1, 0.15) is 83.7 Å². The van der Waals surface area contributed by atoms with E-state index in [0.717, 1.165) is 6.07 Å². The normalized spacial score (nSPS) is 14.7. The molecule has 0 bridgehead atoms. The predicted molar refractivity (Wildman–Crippen MR) is 191 cm³/mol. The predicted octanol–water partition coefficient (Wildman–Crippen LogP) is 3.11. The summed E-state index contributed by atoms with van der Waals surface area (Å²) in [6.45, 7) is 13.1. The van der Waals surface area contributed by atoms with Gasteiger partial charge in [-0.3, -0.25) is 29.0 Å². The highest BCUT2D eigenvalue weighted by Gasteiger charge is 2.35. The molecule has 0 saturated carbocycles.